The summed E-state index contributed by atoms with van der Waals surface area (Å²) in [5, 5.41) is 0. The molecule has 126 valence electrons. The second-order valence-electron chi connectivity index (χ2n) is 5.71. The van der Waals surface area contributed by atoms with Gasteiger partial charge in [-0.3, -0.25) is 4.79 Å². The Morgan fingerprint density at radius 3 is 3.00 bits per heavy atom. The van der Waals surface area contributed by atoms with Crippen LogP contribution in [-0.4, -0.2) is 42.1 Å². The zero-order chi connectivity index (χ0) is 16.9. The third-order valence-corrected chi connectivity index (χ3v) is 4.44. The van der Waals surface area contributed by atoms with Crippen molar-refractivity contribution in [2.24, 2.45) is 0 Å². The Hall–Kier alpha value is -2.08. The molecule has 1 aliphatic heterocycles. The van der Waals surface area contributed by atoms with Gasteiger partial charge in [0.2, 0.25) is 11.8 Å². The van der Waals surface area contributed by atoms with Crippen LogP contribution in [0.3, 0.4) is 0 Å². The van der Waals surface area contributed by atoms with Crippen molar-refractivity contribution in [2.75, 3.05) is 20.2 Å². The molecule has 5 nitrogen and oxygen atoms in total. The van der Waals surface area contributed by atoms with Crippen LogP contribution >= 0.6 is 15.9 Å². The summed E-state index contributed by atoms with van der Waals surface area (Å²) in [6.07, 6.45) is 2.89. The van der Waals surface area contributed by atoms with E-state index in [4.69, 9.17) is 9.47 Å². The molecule has 2 aromatic rings. The average Bonchev–Trinajstić information content (AvgIpc) is 3.06. The van der Waals surface area contributed by atoms with E-state index in [1.165, 1.54) is 0 Å². The summed E-state index contributed by atoms with van der Waals surface area (Å²) in [6.45, 7) is 1.31. The van der Waals surface area contributed by atoms with Gasteiger partial charge in [-0.15, -0.1) is 0 Å². The molecule has 0 N–H and O–H groups in total. The number of nitrogens with zero attached hydrogens (tertiary/aromatic N) is 2. The Morgan fingerprint density at radius 2 is 2.25 bits per heavy atom. The summed E-state index contributed by atoms with van der Waals surface area (Å²) in [7, 11) is 1.62. The van der Waals surface area contributed by atoms with Gasteiger partial charge in [-0.05, 0) is 39.7 Å². The molecule has 0 bridgehead atoms. The minimum atomic E-state index is -0.00654. The highest BCUT2D eigenvalue weighted by Gasteiger charge is 2.27. The average molecular weight is 391 g/mol. The molecule has 1 saturated heterocycles. The Balaban J connectivity index is 1.54. The molecule has 1 amide bonds. The van der Waals surface area contributed by atoms with Crippen molar-refractivity contribution in [3.63, 3.8) is 0 Å². The lowest BCUT2D eigenvalue weighted by Gasteiger charge is -2.17. The first-order valence-corrected chi connectivity index (χ1v) is 8.62. The predicted octanol–water partition coefficient (Wildman–Crippen LogP) is 3.08. The number of likely N-dealkylation sites (tertiary alicyclic amines) is 1. The van der Waals surface area contributed by atoms with E-state index < -0.39 is 0 Å². The minimum Gasteiger partial charge on any atom is -0.497 e. The lowest BCUT2D eigenvalue weighted by Crippen LogP contribution is -2.32. The van der Waals surface area contributed by atoms with Crippen LogP contribution in [0.2, 0.25) is 0 Å². The van der Waals surface area contributed by atoms with Crippen LogP contribution < -0.4 is 9.47 Å². The van der Waals surface area contributed by atoms with Crippen molar-refractivity contribution < 1.29 is 14.3 Å². The van der Waals surface area contributed by atoms with Gasteiger partial charge in [0.05, 0.1) is 20.1 Å². The topological polar surface area (TPSA) is 51.7 Å². The highest BCUT2D eigenvalue weighted by Crippen LogP contribution is 2.20. The van der Waals surface area contributed by atoms with E-state index in [2.05, 4.69) is 20.9 Å². The molecular weight excluding hydrogens is 372 g/mol. The minimum absolute atomic E-state index is 0.00654. The fourth-order valence-corrected chi connectivity index (χ4v) is 2.96. The van der Waals surface area contributed by atoms with E-state index in [-0.39, 0.29) is 12.0 Å². The molecule has 1 fully saturated rings. The fraction of sp³-hybridized carbons (Fsp3) is 0.333. The number of rotatable bonds is 5. The van der Waals surface area contributed by atoms with Gasteiger partial charge in [0, 0.05) is 29.7 Å². The highest BCUT2D eigenvalue weighted by molar-refractivity contribution is 9.10. The zero-order valence-electron chi connectivity index (χ0n) is 13.4. The van der Waals surface area contributed by atoms with Gasteiger partial charge in [-0.25, -0.2) is 4.98 Å². The molecule has 1 aromatic carbocycles. The number of hydrogen-bond donors (Lipinski definition) is 0. The number of benzene rings is 1. The quantitative estimate of drug-likeness (QED) is 0.786. The van der Waals surface area contributed by atoms with Crippen LogP contribution in [0.4, 0.5) is 0 Å². The van der Waals surface area contributed by atoms with E-state index in [0.29, 0.717) is 25.4 Å². The number of aromatic nitrogens is 1. The molecule has 0 aliphatic carbocycles. The monoisotopic (exact) mass is 390 g/mol. The number of ether oxygens (including phenoxy) is 2. The van der Waals surface area contributed by atoms with Crippen LogP contribution in [0.15, 0.2) is 47.1 Å². The number of carbonyl (C=O) groups is 1. The molecule has 1 aliphatic rings. The number of carbonyl (C=O) groups excluding carboxylic acids is 1. The van der Waals surface area contributed by atoms with Crippen molar-refractivity contribution in [1.82, 2.24) is 9.88 Å². The molecule has 0 radical (unpaired) electrons. The van der Waals surface area contributed by atoms with Crippen molar-refractivity contribution >= 4 is 21.8 Å². The molecule has 2 heterocycles. The summed E-state index contributed by atoms with van der Waals surface area (Å²) in [5.74, 6) is 1.47. The first-order chi connectivity index (χ1) is 11.6. The van der Waals surface area contributed by atoms with Crippen LogP contribution in [0, 0.1) is 0 Å². The molecule has 1 unspecified atom stereocenters. The maximum atomic E-state index is 12.5. The Bertz CT molecular complexity index is 706. The fourth-order valence-electron chi connectivity index (χ4n) is 2.72. The molecule has 6 heteroatoms. The van der Waals surface area contributed by atoms with Crippen LogP contribution in [0.5, 0.6) is 11.6 Å². The van der Waals surface area contributed by atoms with Crippen LogP contribution in [0.1, 0.15) is 12.0 Å². The normalized spacial score (nSPS) is 16.9. The lowest BCUT2D eigenvalue weighted by molar-refractivity contribution is -0.129. The van der Waals surface area contributed by atoms with Crippen molar-refractivity contribution in [3.8, 4) is 11.6 Å². The molecule has 0 saturated carbocycles. The SMILES string of the molecule is COc1cccc(CC(=O)N2CCC(Oc3ccc(Br)cn3)C2)c1. The third kappa shape index (κ3) is 4.26. The standard InChI is InChI=1S/C18H19BrN2O3/c1-23-15-4-2-3-13(9-15)10-18(22)21-8-7-16(12-21)24-17-6-5-14(19)11-20-17/h2-6,9,11,16H,7-8,10,12H2,1H3. The Kier molecular flexibility index (Phi) is 5.35. The second-order valence-corrected chi connectivity index (χ2v) is 6.63. The van der Waals surface area contributed by atoms with Gasteiger partial charge in [-0.1, -0.05) is 12.1 Å². The van der Waals surface area contributed by atoms with Crippen molar-refractivity contribution in [2.45, 2.75) is 18.9 Å². The summed E-state index contributed by atoms with van der Waals surface area (Å²) in [4.78, 5) is 18.5. The maximum Gasteiger partial charge on any atom is 0.227 e. The van der Waals surface area contributed by atoms with Gasteiger partial charge in [0.15, 0.2) is 0 Å². The number of halogens is 1. The number of hydrogen-bond acceptors (Lipinski definition) is 4. The second kappa shape index (κ2) is 7.66. The zero-order valence-corrected chi connectivity index (χ0v) is 15.0. The number of amides is 1. The van der Waals surface area contributed by atoms with E-state index in [1.54, 1.807) is 13.3 Å². The lowest BCUT2D eigenvalue weighted by atomic mass is 10.1. The highest BCUT2D eigenvalue weighted by atomic mass is 79.9. The van der Waals surface area contributed by atoms with Gasteiger partial charge in [0.1, 0.15) is 11.9 Å². The smallest absolute Gasteiger partial charge is 0.227 e. The summed E-state index contributed by atoms with van der Waals surface area (Å²) >= 11 is 3.35. The summed E-state index contributed by atoms with van der Waals surface area (Å²) in [6, 6.07) is 11.3. The summed E-state index contributed by atoms with van der Waals surface area (Å²) in [5.41, 5.74) is 0.957. The van der Waals surface area contributed by atoms with E-state index in [0.717, 1.165) is 22.2 Å². The first kappa shape index (κ1) is 16.8. The Labute approximate surface area is 149 Å². The summed E-state index contributed by atoms with van der Waals surface area (Å²) < 4.78 is 12.0. The van der Waals surface area contributed by atoms with Gasteiger partial charge < -0.3 is 14.4 Å². The number of pyridine rings is 1. The van der Waals surface area contributed by atoms with E-state index in [9.17, 15) is 4.79 Å². The van der Waals surface area contributed by atoms with Gasteiger partial charge >= 0.3 is 0 Å². The van der Waals surface area contributed by atoms with Crippen molar-refractivity contribution in [3.05, 3.63) is 52.6 Å². The molecule has 1 aromatic heterocycles. The number of methoxy groups -OCH3 is 1. The maximum absolute atomic E-state index is 12.5. The van der Waals surface area contributed by atoms with E-state index >= 15 is 0 Å². The largest absolute Gasteiger partial charge is 0.497 e. The van der Waals surface area contributed by atoms with Gasteiger partial charge in [-0.2, -0.15) is 0 Å². The molecular formula is C18H19BrN2O3. The van der Waals surface area contributed by atoms with Gasteiger partial charge in [0.25, 0.3) is 0 Å². The first-order valence-electron chi connectivity index (χ1n) is 7.83. The van der Waals surface area contributed by atoms with Crippen molar-refractivity contribution in [1.29, 1.82) is 0 Å². The van der Waals surface area contributed by atoms with E-state index in [1.807, 2.05) is 41.3 Å². The molecule has 1 atom stereocenters. The molecule has 24 heavy (non-hydrogen) atoms. The predicted molar refractivity (Wildman–Crippen MR) is 94.2 cm³/mol. The molecule has 3 rings (SSSR count). The third-order valence-electron chi connectivity index (χ3n) is 3.97. The van der Waals surface area contributed by atoms with Crippen LogP contribution in [0.25, 0.3) is 0 Å². The molecule has 0 spiro atoms. The van der Waals surface area contributed by atoms with Crippen LogP contribution in [-0.2, 0) is 11.2 Å². The Morgan fingerprint density at radius 1 is 1.38 bits per heavy atom.